The lowest BCUT2D eigenvalue weighted by Gasteiger charge is -2.59. The van der Waals surface area contributed by atoms with Gasteiger partial charge >= 0.3 is 6.09 Å². The molecule has 104 valence electrons. The minimum absolute atomic E-state index is 0.272. The lowest BCUT2D eigenvalue weighted by Crippen LogP contribution is -2.60. The van der Waals surface area contributed by atoms with Crippen LogP contribution in [0.5, 0.6) is 0 Å². The van der Waals surface area contributed by atoms with Crippen molar-refractivity contribution in [3.05, 3.63) is 0 Å². The molecular formula is C14H26N2O2. The SMILES string of the molecule is CN(C)C1CC2(CC(NC(=O)OC(C)(C)C)C2)C1. The molecule has 1 amide bonds. The summed E-state index contributed by atoms with van der Waals surface area (Å²) in [5, 5.41) is 2.97. The molecule has 1 spiro atoms. The Morgan fingerprint density at radius 2 is 1.78 bits per heavy atom. The second kappa shape index (κ2) is 4.41. The van der Waals surface area contributed by atoms with E-state index in [9.17, 15) is 4.79 Å². The summed E-state index contributed by atoms with van der Waals surface area (Å²) in [5.41, 5.74) is 0.118. The van der Waals surface area contributed by atoms with E-state index in [0.717, 1.165) is 18.9 Å². The Morgan fingerprint density at radius 1 is 1.22 bits per heavy atom. The number of ether oxygens (including phenoxy) is 1. The number of alkyl carbamates (subject to hydrolysis) is 1. The first kappa shape index (κ1) is 13.7. The van der Waals surface area contributed by atoms with Crippen LogP contribution < -0.4 is 5.32 Å². The van der Waals surface area contributed by atoms with Crippen LogP contribution in [-0.4, -0.2) is 42.8 Å². The van der Waals surface area contributed by atoms with Crippen LogP contribution in [0.25, 0.3) is 0 Å². The minimum atomic E-state index is -0.405. The molecule has 0 aromatic carbocycles. The molecule has 2 saturated carbocycles. The molecule has 0 bridgehead atoms. The van der Waals surface area contributed by atoms with Gasteiger partial charge in [-0.15, -0.1) is 0 Å². The van der Waals surface area contributed by atoms with Gasteiger partial charge in [0.1, 0.15) is 5.60 Å². The minimum Gasteiger partial charge on any atom is -0.444 e. The summed E-state index contributed by atoms with van der Waals surface area (Å²) < 4.78 is 5.26. The average Bonchev–Trinajstić information content (AvgIpc) is 2.02. The molecule has 0 saturated heterocycles. The van der Waals surface area contributed by atoms with Gasteiger partial charge in [-0.05, 0) is 66.0 Å². The van der Waals surface area contributed by atoms with Crippen molar-refractivity contribution in [3.8, 4) is 0 Å². The van der Waals surface area contributed by atoms with E-state index in [4.69, 9.17) is 4.74 Å². The first-order valence-electron chi connectivity index (χ1n) is 6.85. The molecular weight excluding hydrogens is 228 g/mol. The molecule has 2 fully saturated rings. The van der Waals surface area contributed by atoms with E-state index in [1.807, 2.05) is 20.8 Å². The monoisotopic (exact) mass is 254 g/mol. The summed E-state index contributed by atoms with van der Waals surface area (Å²) in [6, 6.07) is 1.07. The number of rotatable bonds is 2. The van der Waals surface area contributed by atoms with Crippen molar-refractivity contribution >= 4 is 6.09 Å². The topological polar surface area (TPSA) is 41.6 Å². The molecule has 0 unspecified atom stereocenters. The Morgan fingerprint density at radius 3 is 2.22 bits per heavy atom. The number of carbonyl (C=O) groups excluding carboxylic acids is 1. The zero-order valence-electron chi connectivity index (χ0n) is 12.2. The summed E-state index contributed by atoms with van der Waals surface area (Å²) >= 11 is 0. The summed E-state index contributed by atoms with van der Waals surface area (Å²) in [6.45, 7) is 5.67. The van der Waals surface area contributed by atoms with Gasteiger partial charge in [0.2, 0.25) is 0 Å². The van der Waals surface area contributed by atoms with Crippen molar-refractivity contribution in [2.75, 3.05) is 14.1 Å². The van der Waals surface area contributed by atoms with Crippen LogP contribution in [0, 0.1) is 5.41 Å². The smallest absolute Gasteiger partial charge is 0.407 e. The van der Waals surface area contributed by atoms with Gasteiger partial charge in [0.05, 0.1) is 0 Å². The van der Waals surface area contributed by atoms with Crippen LogP contribution in [0.3, 0.4) is 0 Å². The van der Waals surface area contributed by atoms with E-state index in [1.165, 1.54) is 12.8 Å². The van der Waals surface area contributed by atoms with Gasteiger partial charge in [0.25, 0.3) is 0 Å². The third-order valence-electron chi connectivity index (χ3n) is 4.15. The van der Waals surface area contributed by atoms with Crippen molar-refractivity contribution in [1.82, 2.24) is 10.2 Å². The first-order chi connectivity index (χ1) is 8.19. The maximum atomic E-state index is 11.6. The molecule has 0 aromatic rings. The van der Waals surface area contributed by atoms with Gasteiger partial charge in [-0.25, -0.2) is 4.79 Å². The summed E-state index contributed by atoms with van der Waals surface area (Å²) in [4.78, 5) is 13.9. The fourth-order valence-electron chi connectivity index (χ4n) is 3.20. The zero-order valence-corrected chi connectivity index (χ0v) is 12.2. The van der Waals surface area contributed by atoms with E-state index in [1.54, 1.807) is 0 Å². The number of carbonyl (C=O) groups is 1. The fourth-order valence-corrected chi connectivity index (χ4v) is 3.20. The molecule has 2 rings (SSSR count). The van der Waals surface area contributed by atoms with E-state index in [2.05, 4.69) is 24.3 Å². The maximum Gasteiger partial charge on any atom is 0.407 e. The molecule has 4 nitrogen and oxygen atoms in total. The highest BCUT2D eigenvalue weighted by Crippen LogP contribution is 2.56. The molecule has 0 atom stereocenters. The molecule has 0 heterocycles. The normalized spacial score (nSPS) is 35.0. The number of hydrogen-bond acceptors (Lipinski definition) is 3. The quantitative estimate of drug-likeness (QED) is 0.822. The van der Waals surface area contributed by atoms with Crippen LogP contribution >= 0.6 is 0 Å². The second-order valence-corrected chi connectivity index (χ2v) is 7.28. The summed E-state index contributed by atoms with van der Waals surface area (Å²) in [5.74, 6) is 0. The van der Waals surface area contributed by atoms with E-state index < -0.39 is 5.60 Å². The Labute approximate surface area is 110 Å². The molecule has 18 heavy (non-hydrogen) atoms. The van der Waals surface area contributed by atoms with Crippen LogP contribution in [0.2, 0.25) is 0 Å². The third kappa shape index (κ3) is 2.97. The number of nitrogens with one attached hydrogen (secondary N) is 1. The van der Waals surface area contributed by atoms with Crippen molar-refractivity contribution < 1.29 is 9.53 Å². The third-order valence-corrected chi connectivity index (χ3v) is 4.15. The number of amides is 1. The van der Waals surface area contributed by atoms with Crippen LogP contribution in [0.1, 0.15) is 46.5 Å². The Hall–Kier alpha value is -0.770. The second-order valence-electron chi connectivity index (χ2n) is 7.28. The van der Waals surface area contributed by atoms with Crippen molar-refractivity contribution in [2.45, 2.75) is 64.1 Å². The Bertz CT molecular complexity index is 319. The van der Waals surface area contributed by atoms with Crippen molar-refractivity contribution in [3.63, 3.8) is 0 Å². The summed E-state index contributed by atoms with van der Waals surface area (Å²) in [7, 11) is 4.29. The predicted octanol–water partition coefficient (Wildman–Crippen LogP) is 2.38. The number of hydrogen-bond donors (Lipinski definition) is 1. The molecule has 0 radical (unpaired) electrons. The van der Waals surface area contributed by atoms with Gasteiger partial charge in [0, 0.05) is 12.1 Å². The fraction of sp³-hybridized carbons (Fsp3) is 0.929. The van der Waals surface area contributed by atoms with Gasteiger partial charge in [-0.3, -0.25) is 0 Å². The zero-order chi connectivity index (χ0) is 13.6. The molecule has 0 aromatic heterocycles. The molecule has 4 heteroatoms. The largest absolute Gasteiger partial charge is 0.444 e. The highest BCUT2D eigenvalue weighted by atomic mass is 16.6. The van der Waals surface area contributed by atoms with Crippen LogP contribution in [0.4, 0.5) is 4.79 Å². The molecule has 2 aliphatic carbocycles. The molecule has 0 aliphatic heterocycles. The lowest BCUT2D eigenvalue weighted by molar-refractivity contribution is -0.0612. The van der Waals surface area contributed by atoms with Gasteiger partial charge < -0.3 is 15.0 Å². The predicted molar refractivity (Wildman–Crippen MR) is 71.5 cm³/mol. The maximum absolute atomic E-state index is 11.6. The lowest BCUT2D eigenvalue weighted by atomic mass is 9.52. The Kier molecular flexibility index (Phi) is 3.34. The van der Waals surface area contributed by atoms with Crippen LogP contribution in [-0.2, 0) is 4.74 Å². The standard InChI is InChI=1S/C14H26N2O2/c1-13(2,3)18-12(17)15-10-6-14(7-10)8-11(9-14)16(4)5/h10-11H,6-9H2,1-5H3,(H,15,17). The van der Waals surface area contributed by atoms with E-state index in [0.29, 0.717) is 11.5 Å². The molecule has 2 aliphatic rings. The highest BCUT2D eigenvalue weighted by Gasteiger charge is 2.53. The van der Waals surface area contributed by atoms with E-state index in [-0.39, 0.29) is 6.09 Å². The van der Waals surface area contributed by atoms with Crippen LogP contribution in [0.15, 0.2) is 0 Å². The Balaban J connectivity index is 1.67. The summed E-state index contributed by atoms with van der Waals surface area (Å²) in [6.07, 6.45) is 4.54. The van der Waals surface area contributed by atoms with E-state index >= 15 is 0 Å². The average molecular weight is 254 g/mol. The molecule has 1 N–H and O–H groups in total. The van der Waals surface area contributed by atoms with Crippen molar-refractivity contribution in [2.24, 2.45) is 5.41 Å². The van der Waals surface area contributed by atoms with Gasteiger partial charge in [-0.2, -0.15) is 0 Å². The highest BCUT2D eigenvalue weighted by molar-refractivity contribution is 5.68. The number of nitrogens with zero attached hydrogens (tertiary/aromatic N) is 1. The van der Waals surface area contributed by atoms with Gasteiger partial charge in [-0.1, -0.05) is 0 Å². The van der Waals surface area contributed by atoms with Gasteiger partial charge in [0.15, 0.2) is 0 Å². The van der Waals surface area contributed by atoms with Crippen molar-refractivity contribution in [1.29, 1.82) is 0 Å². The first-order valence-corrected chi connectivity index (χ1v) is 6.85.